The maximum Gasteiger partial charge on any atom is 0.138 e. The van der Waals surface area contributed by atoms with Crippen LogP contribution in [0.5, 0.6) is 5.75 Å². The quantitative estimate of drug-likeness (QED) is 0.830. The number of ether oxygens (including phenoxy) is 1. The van der Waals surface area contributed by atoms with Crippen molar-refractivity contribution in [2.75, 3.05) is 7.05 Å². The zero-order valence-electron chi connectivity index (χ0n) is 12.8. The lowest BCUT2D eigenvalue weighted by Crippen LogP contribution is -2.25. The fraction of sp³-hybridized carbons (Fsp3) is 0.333. The summed E-state index contributed by atoms with van der Waals surface area (Å²) in [5.74, 6) is 0.736. The third-order valence-electron chi connectivity index (χ3n) is 3.59. The molecule has 0 spiro atoms. The van der Waals surface area contributed by atoms with Crippen LogP contribution < -0.4 is 10.1 Å². The summed E-state index contributed by atoms with van der Waals surface area (Å²) in [6.45, 7) is 4.17. The lowest BCUT2D eigenvalue weighted by atomic mass is 10.0. The Morgan fingerprint density at radius 2 is 1.86 bits per heavy atom. The molecule has 0 saturated heterocycles. The topological polar surface area (TPSA) is 21.3 Å². The zero-order chi connectivity index (χ0) is 15.2. The number of rotatable bonds is 6. The summed E-state index contributed by atoms with van der Waals surface area (Å²) in [7, 11) is 1.96. The van der Waals surface area contributed by atoms with Gasteiger partial charge in [-0.1, -0.05) is 48.0 Å². The maximum absolute atomic E-state index is 6.29. The first-order valence-electron chi connectivity index (χ1n) is 7.25. The predicted molar refractivity (Wildman–Crippen MR) is 89.1 cm³/mol. The van der Waals surface area contributed by atoms with Gasteiger partial charge in [0.05, 0.1) is 5.02 Å². The molecular formula is C18H22ClNO. The van der Waals surface area contributed by atoms with Gasteiger partial charge in [-0.05, 0) is 44.2 Å². The van der Waals surface area contributed by atoms with E-state index in [4.69, 9.17) is 16.3 Å². The smallest absolute Gasteiger partial charge is 0.138 e. The van der Waals surface area contributed by atoms with Crippen LogP contribution in [-0.4, -0.2) is 13.1 Å². The van der Waals surface area contributed by atoms with Crippen LogP contribution in [0.4, 0.5) is 0 Å². The van der Waals surface area contributed by atoms with Crippen LogP contribution in [-0.2, 0) is 0 Å². The summed E-state index contributed by atoms with van der Waals surface area (Å²) >= 11 is 6.29. The summed E-state index contributed by atoms with van der Waals surface area (Å²) in [4.78, 5) is 0. The van der Waals surface area contributed by atoms with Crippen molar-refractivity contribution >= 4 is 11.6 Å². The first-order valence-corrected chi connectivity index (χ1v) is 7.63. The number of halogens is 1. The highest BCUT2D eigenvalue weighted by Crippen LogP contribution is 2.31. The molecule has 0 fully saturated rings. The molecule has 0 saturated carbocycles. The summed E-state index contributed by atoms with van der Waals surface area (Å²) < 4.78 is 6.19. The van der Waals surface area contributed by atoms with Crippen molar-refractivity contribution in [2.24, 2.45) is 0 Å². The van der Waals surface area contributed by atoms with Crippen LogP contribution >= 0.6 is 11.6 Å². The molecule has 112 valence electrons. The van der Waals surface area contributed by atoms with Crippen molar-refractivity contribution in [3.05, 3.63) is 64.7 Å². The molecule has 0 bridgehead atoms. The molecule has 2 unspecified atom stereocenters. The molecule has 0 aliphatic carbocycles. The molecule has 1 N–H and O–H groups in total. The molecule has 2 aromatic carbocycles. The highest BCUT2D eigenvalue weighted by atomic mass is 35.5. The second-order valence-electron chi connectivity index (χ2n) is 5.38. The molecule has 2 atom stereocenters. The van der Waals surface area contributed by atoms with Gasteiger partial charge in [0.25, 0.3) is 0 Å². The SMILES string of the molecule is CNC(C)CC(Oc1ccc(C)cc1Cl)c1ccccc1. The number of nitrogens with one attached hydrogen (secondary N) is 1. The Labute approximate surface area is 132 Å². The zero-order valence-corrected chi connectivity index (χ0v) is 13.5. The van der Waals surface area contributed by atoms with Gasteiger partial charge >= 0.3 is 0 Å². The Morgan fingerprint density at radius 1 is 1.14 bits per heavy atom. The molecule has 21 heavy (non-hydrogen) atoms. The lowest BCUT2D eigenvalue weighted by molar-refractivity contribution is 0.182. The van der Waals surface area contributed by atoms with E-state index in [2.05, 4.69) is 24.4 Å². The van der Waals surface area contributed by atoms with Gasteiger partial charge in [-0.2, -0.15) is 0 Å². The molecule has 0 amide bonds. The number of benzene rings is 2. The number of hydrogen-bond acceptors (Lipinski definition) is 2. The summed E-state index contributed by atoms with van der Waals surface area (Å²) in [6.07, 6.45) is 0.860. The van der Waals surface area contributed by atoms with Crippen LogP contribution in [0.15, 0.2) is 48.5 Å². The van der Waals surface area contributed by atoms with E-state index in [0.29, 0.717) is 11.1 Å². The van der Waals surface area contributed by atoms with Gasteiger partial charge in [-0.25, -0.2) is 0 Å². The molecule has 0 radical (unpaired) electrons. The Hall–Kier alpha value is -1.51. The van der Waals surface area contributed by atoms with Gasteiger partial charge in [0.2, 0.25) is 0 Å². The van der Waals surface area contributed by atoms with E-state index < -0.39 is 0 Å². The van der Waals surface area contributed by atoms with E-state index in [-0.39, 0.29) is 6.10 Å². The van der Waals surface area contributed by atoms with Gasteiger partial charge in [0.1, 0.15) is 11.9 Å². The molecule has 0 aromatic heterocycles. The van der Waals surface area contributed by atoms with Crippen molar-refractivity contribution in [3.63, 3.8) is 0 Å². The van der Waals surface area contributed by atoms with Gasteiger partial charge in [-0.15, -0.1) is 0 Å². The van der Waals surface area contributed by atoms with Crippen molar-refractivity contribution < 1.29 is 4.74 Å². The van der Waals surface area contributed by atoms with E-state index in [1.54, 1.807) is 0 Å². The Balaban J connectivity index is 2.23. The first kappa shape index (κ1) is 15.9. The minimum atomic E-state index is -0.0196. The summed E-state index contributed by atoms with van der Waals surface area (Å²) in [6, 6.07) is 16.5. The standard InChI is InChI=1S/C18H22ClNO/c1-13-9-10-17(16(19)11-13)21-18(12-14(2)20-3)15-7-5-4-6-8-15/h4-11,14,18,20H,12H2,1-3H3. The molecule has 0 heterocycles. The van der Waals surface area contributed by atoms with Gasteiger partial charge in [0, 0.05) is 12.5 Å². The Morgan fingerprint density at radius 3 is 2.48 bits per heavy atom. The van der Waals surface area contributed by atoms with E-state index in [1.807, 2.05) is 50.4 Å². The normalized spacial score (nSPS) is 13.7. The molecule has 2 nitrogen and oxygen atoms in total. The number of aryl methyl sites for hydroxylation is 1. The third kappa shape index (κ3) is 4.48. The Kier molecular flexibility index (Phi) is 5.66. The highest BCUT2D eigenvalue weighted by molar-refractivity contribution is 6.32. The predicted octanol–water partition coefficient (Wildman–Crippen LogP) is 4.77. The minimum absolute atomic E-state index is 0.0196. The van der Waals surface area contributed by atoms with Gasteiger partial charge in [-0.3, -0.25) is 0 Å². The largest absolute Gasteiger partial charge is 0.484 e. The third-order valence-corrected chi connectivity index (χ3v) is 3.88. The fourth-order valence-corrected chi connectivity index (χ4v) is 2.49. The van der Waals surface area contributed by atoms with Crippen LogP contribution in [0.1, 0.15) is 30.6 Å². The van der Waals surface area contributed by atoms with E-state index in [1.165, 1.54) is 0 Å². The molecule has 0 aliphatic rings. The number of hydrogen-bond donors (Lipinski definition) is 1. The lowest BCUT2D eigenvalue weighted by Gasteiger charge is -2.23. The Bertz CT molecular complexity index is 571. The summed E-state index contributed by atoms with van der Waals surface area (Å²) in [5, 5.41) is 3.92. The monoisotopic (exact) mass is 303 g/mol. The van der Waals surface area contributed by atoms with E-state index in [0.717, 1.165) is 23.3 Å². The average molecular weight is 304 g/mol. The van der Waals surface area contributed by atoms with Crippen LogP contribution in [0.3, 0.4) is 0 Å². The van der Waals surface area contributed by atoms with Crippen molar-refractivity contribution in [1.82, 2.24) is 5.32 Å². The second kappa shape index (κ2) is 7.48. The average Bonchev–Trinajstić information content (AvgIpc) is 2.49. The molecule has 2 rings (SSSR count). The van der Waals surface area contributed by atoms with Crippen molar-refractivity contribution in [3.8, 4) is 5.75 Å². The minimum Gasteiger partial charge on any atom is -0.484 e. The van der Waals surface area contributed by atoms with Crippen LogP contribution in [0.25, 0.3) is 0 Å². The second-order valence-corrected chi connectivity index (χ2v) is 5.78. The summed E-state index contributed by atoms with van der Waals surface area (Å²) in [5.41, 5.74) is 2.29. The maximum atomic E-state index is 6.29. The van der Waals surface area contributed by atoms with Gasteiger partial charge < -0.3 is 10.1 Å². The fourth-order valence-electron chi connectivity index (χ4n) is 2.21. The van der Waals surface area contributed by atoms with Crippen molar-refractivity contribution in [2.45, 2.75) is 32.4 Å². The molecular weight excluding hydrogens is 282 g/mol. The highest BCUT2D eigenvalue weighted by Gasteiger charge is 2.17. The molecule has 3 heteroatoms. The first-order chi connectivity index (χ1) is 10.1. The van der Waals surface area contributed by atoms with Crippen molar-refractivity contribution in [1.29, 1.82) is 0 Å². The van der Waals surface area contributed by atoms with E-state index in [9.17, 15) is 0 Å². The van der Waals surface area contributed by atoms with E-state index >= 15 is 0 Å². The molecule has 0 aliphatic heterocycles. The van der Waals surface area contributed by atoms with Crippen LogP contribution in [0, 0.1) is 6.92 Å². The molecule has 2 aromatic rings. The van der Waals surface area contributed by atoms with Gasteiger partial charge in [0.15, 0.2) is 0 Å². The van der Waals surface area contributed by atoms with Crippen LogP contribution in [0.2, 0.25) is 5.02 Å².